The topological polar surface area (TPSA) is 166 Å². The van der Waals surface area contributed by atoms with Gasteiger partial charge in [0, 0.05) is 25.2 Å². The molecule has 1 aromatic carbocycles. The predicted octanol–water partition coefficient (Wildman–Crippen LogP) is 1.09. The Bertz CT molecular complexity index is 1370. The first-order chi connectivity index (χ1) is 18.7. The van der Waals surface area contributed by atoms with Crippen LogP contribution in [0.25, 0.3) is 0 Å². The van der Waals surface area contributed by atoms with Crippen molar-refractivity contribution in [2.75, 3.05) is 13.1 Å². The largest absolute Gasteiger partial charge is 0.444 e. The molecule has 0 aromatic heterocycles. The standard InChI is InChI=1S/C27H36N6O6S/c1-15(16-6-5-7-20(9-16)40(29,37)38)32-19-11-23(25(32)35)31(13-19)14-21(30-26(36)39-27(2,3)4)24(34)33-18(12-28)8-17-10-22(17)33/h5-7,9,15,17-19,21-23H,8,10-11,13-14H2,1-4H3,(H,30,36)(H2,29,37,38)/t15-,17-,18+,19-,21+,22+,23-/m1/s1. The first-order valence-corrected chi connectivity index (χ1v) is 15.1. The number of nitriles is 1. The van der Waals surface area contributed by atoms with E-state index in [1.807, 2.05) is 11.8 Å². The molecule has 1 saturated carbocycles. The predicted molar refractivity (Wildman–Crippen MR) is 143 cm³/mol. The maximum atomic E-state index is 13.7. The Kier molecular flexibility index (Phi) is 7.09. The maximum absolute atomic E-state index is 13.7. The Morgan fingerprint density at radius 2 is 1.98 bits per heavy atom. The summed E-state index contributed by atoms with van der Waals surface area (Å²) in [5.74, 6) is -0.128. The molecule has 0 unspecified atom stereocenters. The lowest BCUT2D eigenvalue weighted by atomic mass is 10.1. The molecule has 0 spiro atoms. The van der Waals surface area contributed by atoms with Crippen LogP contribution in [0.15, 0.2) is 29.2 Å². The molecule has 12 nitrogen and oxygen atoms in total. The van der Waals surface area contributed by atoms with Crippen LogP contribution in [-0.2, 0) is 24.3 Å². The van der Waals surface area contributed by atoms with Crippen molar-refractivity contribution >= 4 is 27.9 Å². The van der Waals surface area contributed by atoms with Gasteiger partial charge in [0.2, 0.25) is 21.8 Å². The summed E-state index contributed by atoms with van der Waals surface area (Å²) < 4.78 is 29.1. The van der Waals surface area contributed by atoms with Gasteiger partial charge in [-0.3, -0.25) is 14.5 Å². The number of fused-ring (bicyclic) bond motifs is 3. The number of hydrogen-bond donors (Lipinski definition) is 2. The van der Waals surface area contributed by atoms with Crippen LogP contribution in [0.4, 0.5) is 4.79 Å². The van der Waals surface area contributed by atoms with Crippen LogP contribution in [0.2, 0.25) is 0 Å². The van der Waals surface area contributed by atoms with E-state index in [2.05, 4.69) is 11.4 Å². The van der Waals surface area contributed by atoms with Gasteiger partial charge in [-0.2, -0.15) is 5.26 Å². The third-order valence-corrected chi connectivity index (χ3v) is 9.23. The van der Waals surface area contributed by atoms with Gasteiger partial charge >= 0.3 is 6.09 Å². The van der Waals surface area contributed by atoms with E-state index >= 15 is 0 Å². The monoisotopic (exact) mass is 572 g/mol. The molecule has 2 bridgehead atoms. The van der Waals surface area contributed by atoms with Gasteiger partial charge in [0.05, 0.1) is 23.0 Å². The van der Waals surface area contributed by atoms with Gasteiger partial charge in [-0.1, -0.05) is 12.1 Å². The zero-order valence-corrected chi connectivity index (χ0v) is 23.9. The quantitative estimate of drug-likeness (QED) is 0.490. The normalized spacial score (nSPS) is 29.1. The molecule has 3 N–H and O–H groups in total. The number of piperazine rings is 1. The number of nitrogens with zero attached hydrogens (tertiary/aromatic N) is 4. The van der Waals surface area contributed by atoms with Crippen molar-refractivity contribution in [3.63, 3.8) is 0 Å². The number of amides is 3. The van der Waals surface area contributed by atoms with E-state index in [0.717, 1.165) is 6.42 Å². The minimum absolute atomic E-state index is 0.0136. The molecule has 7 atom stereocenters. The highest BCUT2D eigenvalue weighted by Gasteiger charge is 2.56. The molecule has 1 aromatic rings. The molecule has 13 heteroatoms. The molecule has 3 amide bonds. The number of nitrogens with one attached hydrogen (secondary N) is 1. The lowest BCUT2D eigenvalue weighted by molar-refractivity contribution is -0.141. The number of primary sulfonamides is 1. The average molecular weight is 573 g/mol. The maximum Gasteiger partial charge on any atom is 0.408 e. The Labute approximate surface area is 234 Å². The van der Waals surface area contributed by atoms with E-state index in [0.29, 0.717) is 30.9 Å². The molecular weight excluding hydrogens is 536 g/mol. The smallest absolute Gasteiger partial charge is 0.408 e. The zero-order chi connectivity index (χ0) is 29.1. The van der Waals surface area contributed by atoms with Crippen LogP contribution >= 0.6 is 0 Å². The van der Waals surface area contributed by atoms with Crippen molar-refractivity contribution in [3.8, 4) is 6.07 Å². The number of rotatable bonds is 7. The van der Waals surface area contributed by atoms with Crippen molar-refractivity contribution in [1.82, 2.24) is 20.0 Å². The molecule has 1 aliphatic carbocycles. The summed E-state index contributed by atoms with van der Waals surface area (Å²) in [5.41, 5.74) is -0.101. The molecule has 4 fully saturated rings. The molecule has 4 aliphatic rings. The first-order valence-electron chi connectivity index (χ1n) is 13.6. The van der Waals surface area contributed by atoms with Gasteiger partial charge in [0.25, 0.3) is 0 Å². The van der Waals surface area contributed by atoms with E-state index in [1.165, 1.54) is 12.1 Å². The summed E-state index contributed by atoms with van der Waals surface area (Å²) in [6.07, 6.45) is 1.32. The molecular formula is C27H36N6O6S. The molecule has 3 heterocycles. The lowest BCUT2D eigenvalue weighted by Gasteiger charge is -2.39. The second kappa shape index (κ2) is 10.0. The highest BCUT2D eigenvalue weighted by molar-refractivity contribution is 7.89. The molecule has 216 valence electrons. The van der Waals surface area contributed by atoms with Crippen molar-refractivity contribution in [2.24, 2.45) is 11.1 Å². The summed E-state index contributed by atoms with van der Waals surface area (Å²) in [6.45, 7) is 7.65. The fourth-order valence-electron chi connectivity index (χ4n) is 6.45. The van der Waals surface area contributed by atoms with Crippen molar-refractivity contribution < 1.29 is 27.5 Å². The van der Waals surface area contributed by atoms with Gasteiger partial charge in [0.15, 0.2) is 0 Å². The Balaban J connectivity index is 1.32. The first kappa shape index (κ1) is 28.3. The number of benzene rings is 1. The van der Waals surface area contributed by atoms with E-state index in [-0.39, 0.29) is 41.4 Å². The SMILES string of the molecule is C[C@H](c1cccc(S(N)(=O)=O)c1)N1C(=O)[C@H]2C[C@@H]1CN2C[C@H](NC(=O)OC(C)(C)C)C(=O)N1[C@H](C#N)C[C@@H]2C[C@@H]21. The van der Waals surface area contributed by atoms with E-state index in [1.54, 1.807) is 42.7 Å². The lowest BCUT2D eigenvalue weighted by Crippen LogP contribution is -2.59. The van der Waals surface area contributed by atoms with E-state index < -0.39 is 39.8 Å². The highest BCUT2D eigenvalue weighted by Crippen LogP contribution is 2.48. The molecule has 5 rings (SSSR count). The van der Waals surface area contributed by atoms with Gasteiger partial charge in [-0.05, 0) is 70.6 Å². The molecule has 3 aliphatic heterocycles. The number of piperidine rings is 1. The average Bonchev–Trinajstić information content (AvgIpc) is 3.18. The Morgan fingerprint density at radius 1 is 1.25 bits per heavy atom. The number of hydrogen-bond acceptors (Lipinski definition) is 8. The van der Waals surface area contributed by atoms with Crippen molar-refractivity contribution in [2.45, 2.75) is 93.7 Å². The van der Waals surface area contributed by atoms with Crippen molar-refractivity contribution in [3.05, 3.63) is 29.8 Å². The van der Waals surface area contributed by atoms with Crippen LogP contribution in [0.3, 0.4) is 0 Å². The number of carbonyl (C=O) groups is 3. The fourth-order valence-corrected chi connectivity index (χ4v) is 7.02. The van der Waals surface area contributed by atoms with E-state index in [4.69, 9.17) is 9.88 Å². The van der Waals surface area contributed by atoms with Crippen LogP contribution in [-0.4, -0.2) is 89.9 Å². The van der Waals surface area contributed by atoms with Crippen LogP contribution in [0.1, 0.15) is 58.6 Å². The molecule has 3 saturated heterocycles. The van der Waals surface area contributed by atoms with Gasteiger partial charge < -0.3 is 19.9 Å². The van der Waals surface area contributed by atoms with Gasteiger partial charge in [0.1, 0.15) is 17.7 Å². The summed E-state index contributed by atoms with van der Waals surface area (Å²) >= 11 is 0. The summed E-state index contributed by atoms with van der Waals surface area (Å²) in [4.78, 5) is 45.2. The van der Waals surface area contributed by atoms with Crippen molar-refractivity contribution in [1.29, 1.82) is 5.26 Å². The summed E-state index contributed by atoms with van der Waals surface area (Å²) in [6, 6.07) is 6.00. The number of alkyl carbamates (subject to hydrolysis) is 1. The fraction of sp³-hybridized carbons (Fsp3) is 0.630. The Hall–Kier alpha value is -3.21. The second-order valence-corrected chi connectivity index (χ2v) is 13.8. The van der Waals surface area contributed by atoms with Crippen LogP contribution in [0.5, 0.6) is 0 Å². The van der Waals surface area contributed by atoms with Crippen LogP contribution < -0.4 is 10.5 Å². The molecule has 0 radical (unpaired) electrons. The minimum Gasteiger partial charge on any atom is -0.444 e. The highest BCUT2D eigenvalue weighted by atomic mass is 32.2. The number of ether oxygens (including phenoxy) is 1. The number of sulfonamides is 1. The minimum atomic E-state index is -3.88. The molecule has 40 heavy (non-hydrogen) atoms. The second-order valence-electron chi connectivity index (χ2n) is 12.3. The van der Waals surface area contributed by atoms with Gasteiger partial charge in [-0.25, -0.2) is 18.4 Å². The Morgan fingerprint density at radius 3 is 2.60 bits per heavy atom. The zero-order valence-electron chi connectivity index (χ0n) is 23.1. The van der Waals surface area contributed by atoms with Gasteiger partial charge in [-0.15, -0.1) is 0 Å². The number of nitrogens with two attached hydrogens (primary N) is 1. The number of likely N-dealkylation sites (tertiary alicyclic amines) is 3. The number of carbonyl (C=O) groups excluding carboxylic acids is 3. The van der Waals surface area contributed by atoms with E-state index in [9.17, 15) is 28.1 Å². The third-order valence-electron chi connectivity index (χ3n) is 8.31. The van der Waals surface area contributed by atoms with Crippen LogP contribution in [0, 0.1) is 17.2 Å². The summed E-state index contributed by atoms with van der Waals surface area (Å²) in [7, 11) is -3.88. The summed E-state index contributed by atoms with van der Waals surface area (Å²) in [5, 5.41) is 17.6. The third kappa shape index (κ3) is 5.40.